The minimum Gasteiger partial charge on any atom is -0.316 e. The van der Waals surface area contributed by atoms with E-state index in [0.717, 1.165) is 0 Å². The summed E-state index contributed by atoms with van der Waals surface area (Å²) in [6.45, 7) is 2.98. The summed E-state index contributed by atoms with van der Waals surface area (Å²) < 4.78 is 24.9. The van der Waals surface area contributed by atoms with Gasteiger partial charge in [-0.05, 0) is 19.4 Å². The summed E-state index contributed by atoms with van der Waals surface area (Å²) in [5.74, 6) is -0.718. The number of carbonyl (C=O) groups is 1. The van der Waals surface area contributed by atoms with Crippen molar-refractivity contribution in [2.45, 2.75) is 25.1 Å². The second-order valence-electron chi connectivity index (χ2n) is 3.95. The molecule has 0 saturated heterocycles. The van der Waals surface area contributed by atoms with E-state index in [-0.39, 0.29) is 0 Å². The van der Waals surface area contributed by atoms with Crippen LogP contribution < -0.4 is 10.5 Å². The summed E-state index contributed by atoms with van der Waals surface area (Å²) >= 11 is 0. The fourth-order valence-corrected chi connectivity index (χ4v) is 1.78. The molecular weight excluding hydrogens is 240 g/mol. The Balaban J connectivity index is 2.80. The number of nitrogens with one attached hydrogen (secondary N) is 1. The molecule has 0 bridgehead atoms. The standard InChI is InChI=1S/C11H16N2O3S/c1-8(2)17(15,16)13-11(14)10(12)9-6-4-3-5-7-9/h3-8,10H,12H2,1-2H3,(H,13,14). The van der Waals surface area contributed by atoms with E-state index in [1.54, 1.807) is 30.3 Å². The zero-order valence-electron chi connectivity index (χ0n) is 9.75. The van der Waals surface area contributed by atoms with Crippen LogP contribution in [0.5, 0.6) is 0 Å². The molecule has 0 spiro atoms. The lowest BCUT2D eigenvalue weighted by Gasteiger charge is -2.14. The van der Waals surface area contributed by atoms with Gasteiger partial charge in [0.1, 0.15) is 6.04 Å². The molecule has 1 rings (SSSR count). The summed E-state index contributed by atoms with van der Waals surface area (Å²) in [5, 5.41) is -0.672. The normalized spacial score (nSPS) is 13.4. The summed E-state index contributed by atoms with van der Waals surface area (Å²) in [6, 6.07) is 7.63. The largest absolute Gasteiger partial charge is 0.316 e. The molecule has 1 aromatic rings. The van der Waals surface area contributed by atoms with E-state index >= 15 is 0 Å². The van der Waals surface area contributed by atoms with E-state index in [4.69, 9.17) is 5.73 Å². The molecule has 0 aliphatic carbocycles. The van der Waals surface area contributed by atoms with Gasteiger partial charge in [0.2, 0.25) is 10.0 Å². The van der Waals surface area contributed by atoms with E-state index in [0.29, 0.717) is 5.56 Å². The molecule has 1 unspecified atom stereocenters. The fourth-order valence-electron chi connectivity index (χ4n) is 1.13. The molecule has 0 heterocycles. The molecule has 1 atom stereocenters. The molecule has 6 heteroatoms. The van der Waals surface area contributed by atoms with E-state index in [1.807, 2.05) is 4.72 Å². The first-order valence-corrected chi connectivity index (χ1v) is 6.75. The Labute approximate surface area is 101 Å². The van der Waals surface area contributed by atoms with Crippen LogP contribution in [-0.2, 0) is 14.8 Å². The number of amides is 1. The maximum Gasteiger partial charge on any atom is 0.254 e. The summed E-state index contributed by atoms with van der Waals surface area (Å²) in [4.78, 5) is 11.6. The third-order valence-corrected chi connectivity index (χ3v) is 4.03. The minimum atomic E-state index is -3.63. The molecule has 94 valence electrons. The lowest BCUT2D eigenvalue weighted by Crippen LogP contribution is -2.41. The van der Waals surface area contributed by atoms with E-state index in [1.165, 1.54) is 13.8 Å². The molecule has 0 saturated carbocycles. The van der Waals surface area contributed by atoms with Crippen LogP contribution in [0.25, 0.3) is 0 Å². The van der Waals surface area contributed by atoms with Gasteiger partial charge in [0.05, 0.1) is 5.25 Å². The highest BCUT2D eigenvalue weighted by molar-refractivity contribution is 7.90. The Morgan fingerprint density at radius 2 is 1.76 bits per heavy atom. The molecule has 1 amide bonds. The molecule has 3 N–H and O–H groups in total. The van der Waals surface area contributed by atoms with Crippen LogP contribution in [0.4, 0.5) is 0 Å². The number of carbonyl (C=O) groups excluding carboxylic acids is 1. The van der Waals surface area contributed by atoms with Crippen LogP contribution in [0.3, 0.4) is 0 Å². The van der Waals surface area contributed by atoms with Crippen LogP contribution in [0.2, 0.25) is 0 Å². The van der Waals surface area contributed by atoms with Gasteiger partial charge < -0.3 is 5.73 Å². The molecule has 0 fully saturated rings. The Kier molecular flexibility index (Phi) is 4.25. The van der Waals surface area contributed by atoms with E-state index in [2.05, 4.69) is 0 Å². The number of hydrogen-bond donors (Lipinski definition) is 2. The van der Waals surface area contributed by atoms with Crippen molar-refractivity contribution in [3.05, 3.63) is 35.9 Å². The van der Waals surface area contributed by atoms with Crippen LogP contribution in [0.1, 0.15) is 25.5 Å². The predicted molar refractivity (Wildman–Crippen MR) is 65.6 cm³/mol. The third kappa shape index (κ3) is 3.54. The predicted octanol–water partition coefficient (Wildman–Crippen LogP) is 0.541. The molecule has 0 aliphatic rings. The van der Waals surface area contributed by atoms with Crippen molar-refractivity contribution in [3.8, 4) is 0 Å². The summed E-state index contributed by atoms with van der Waals surface area (Å²) in [5.41, 5.74) is 6.24. The Hall–Kier alpha value is -1.40. The highest BCUT2D eigenvalue weighted by Gasteiger charge is 2.23. The van der Waals surface area contributed by atoms with Crippen molar-refractivity contribution in [2.24, 2.45) is 5.73 Å². The van der Waals surface area contributed by atoms with Crippen molar-refractivity contribution in [1.29, 1.82) is 0 Å². The van der Waals surface area contributed by atoms with Gasteiger partial charge in [-0.1, -0.05) is 30.3 Å². The van der Waals surface area contributed by atoms with Gasteiger partial charge in [0.15, 0.2) is 0 Å². The second-order valence-corrected chi connectivity index (χ2v) is 6.19. The van der Waals surface area contributed by atoms with Gasteiger partial charge in [-0.3, -0.25) is 9.52 Å². The zero-order valence-corrected chi connectivity index (χ0v) is 10.6. The smallest absolute Gasteiger partial charge is 0.254 e. The topological polar surface area (TPSA) is 89.3 Å². The maximum absolute atomic E-state index is 11.6. The van der Waals surface area contributed by atoms with Gasteiger partial charge in [-0.2, -0.15) is 0 Å². The molecule has 0 radical (unpaired) electrons. The fraction of sp³-hybridized carbons (Fsp3) is 0.364. The summed E-state index contributed by atoms with van der Waals surface area (Å²) in [7, 11) is -3.63. The van der Waals surface area contributed by atoms with Gasteiger partial charge in [0, 0.05) is 0 Å². The SMILES string of the molecule is CC(C)S(=O)(=O)NC(=O)C(N)c1ccccc1. The van der Waals surface area contributed by atoms with E-state index in [9.17, 15) is 13.2 Å². The lowest BCUT2D eigenvalue weighted by molar-refractivity contribution is -0.120. The maximum atomic E-state index is 11.6. The van der Waals surface area contributed by atoms with Gasteiger partial charge in [-0.15, -0.1) is 0 Å². The second kappa shape index (κ2) is 5.29. The molecular formula is C11H16N2O3S. The number of nitrogens with two attached hydrogens (primary N) is 1. The number of sulfonamides is 1. The molecule has 5 nitrogen and oxygen atoms in total. The van der Waals surface area contributed by atoms with Crippen LogP contribution in [-0.4, -0.2) is 19.6 Å². The number of rotatable bonds is 4. The van der Waals surface area contributed by atoms with Gasteiger partial charge in [0.25, 0.3) is 5.91 Å². The van der Waals surface area contributed by atoms with Crippen molar-refractivity contribution in [2.75, 3.05) is 0 Å². The molecule has 0 aliphatic heterocycles. The number of hydrogen-bond acceptors (Lipinski definition) is 4. The van der Waals surface area contributed by atoms with Crippen LogP contribution >= 0.6 is 0 Å². The monoisotopic (exact) mass is 256 g/mol. The molecule has 17 heavy (non-hydrogen) atoms. The average Bonchev–Trinajstić information content (AvgIpc) is 2.28. The van der Waals surface area contributed by atoms with Crippen LogP contribution in [0, 0.1) is 0 Å². The highest BCUT2D eigenvalue weighted by Crippen LogP contribution is 2.10. The van der Waals surface area contributed by atoms with Crippen molar-refractivity contribution in [3.63, 3.8) is 0 Å². The van der Waals surface area contributed by atoms with Crippen molar-refractivity contribution in [1.82, 2.24) is 4.72 Å². The molecule has 1 aromatic carbocycles. The average molecular weight is 256 g/mol. The zero-order chi connectivity index (χ0) is 13.1. The quantitative estimate of drug-likeness (QED) is 0.823. The Morgan fingerprint density at radius 1 is 1.24 bits per heavy atom. The van der Waals surface area contributed by atoms with Gasteiger partial charge >= 0.3 is 0 Å². The molecule has 0 aromatic heterocycles. The van der Waals surface area contributed by atoms with Gasteiger partial charge in [-0.25, -0.2) is 8.42 Å². The van der Waals surface area contributed by atoms with E-state index < -0.39 is 27.2 Å². The van der Waals surface area contributed by atoms with Crippen LogP contribution in [0.15, 0.2) is 30.3 Å². The first-order chi connectivity index (χ1) is 7.84. The number of benzene rings is 1. The first kappa shape index (κ1) is 13.7. The first-order valence-electron chi connectivity index (χ1n) is 5.20. The minimum absolute atomic E-state index is 0.573. The third-order valence-electron chi connectivity index (χ3n) is 2.30. The van der Waals surface area contributed by atoms with Crippen molar-refractivity contribution < 1.29 is 13.2 Å². The highest BCUT2D eigenvalue weighted by atomic mass is 32.2. The lowest BCUT2D eigenvalue weighted by atomic mass is 10.1. The Morgan fingerprint density at radius 3 is 2.24 bits per heavy atom. The van der Waals surface area contributed by atoms with Crippen molar-refractivity contribution >= 4 is 15.9 Å². The summed E-state index contributed by atoms with van der Waals surface area (Å²) in [6.07, 6.45) is 0. The Bertz CT molecular complexity index is 483.